The number of halogens is 1. The minimum absolute atomic E-state index is 0.0128. The highest BCUT2D eigenvalue weighted by Gasteiger charge is 1.99. The topological polar surface area (TPSA) is 41.1 Å². The molecule has 0 radical (unpaired) electrons. The summed E-state index contributed by atoms with van der Waals surface area (Å²) >= 11 is 2.28. The molecule has 1 aromatic carbocycles. The quantitative estimate of drug-likeness (QED) is 0.836. The van der Waals surface area contributed by atoms with E-state index in [1.807, 2.05) is 25.1 Å². The van der Waals surface area contributed by atoms with Crippen molar-refractivity contribution in [2.75, 3.05) is 18.9 Å². The van der Waals surface area contributed by atoms with Gasteiger partial charge in [-0.15, -0.1) is 0 Å². The fourth-order valence-corrected chi connectivity index (χ4v) is 1.36. The van der Waals surface area contributed by atoms with E-state index in [-0.39, 0.29) is 5.91 Å². The molecule has 2 N–H and O–H groups in total. The Balaban J connectivity index is 2.60. The summed E-state index contributed by atoms with van der Waals surface area (Å²) in [6.07, 6.45) is 0. The number of likely N-dealkylation sites (N-methyl/N-ethyl adjacent to an activating group) is 1. The molecule has 0 aromatic heterocycles. The van der Waals surface area contributed by atoms with Gasteiger partial charge in [-0.1, -0.05) is 0 Å². The van der Waals surface area contributed by atoms with Gasteiger partial charge in [-0.3, -0.25) is 4.79 Å². The number of anilines is 1. The van der Waals surface area contributed by atoms with Gasteiger partial charge >= 0.3 is 0 Å². The molecule has 0 aliphatic rings. The summed E-state index contributed by atoms with van der Waals surface area (Å²) in [5, 5.41) is 5.61. The second-order valence-corrected chi connectivity index (χ2v) is 4.15. The van der Waals surface area contributed by atoms with Gasteiger partial charge in [0.1, 0.15) is 0 Å². The summed E-state index contributed by atoms with van der Waals surface area (Å²) in [4.78, 5) is 11.0. The zero-order valence-electron chi connectivity index (χ0n) is 8.23. The van der Waals surface area contributed by atoms with E-state index in [0.717, 1.165) is 5.69 Å². The van der Waals surface area contributed by atoms with E-state index in [4.69, 9.17) is 0 Å². The number of hydrogen-bond acceptors (Lipinski definition) is 2. The van der Waals surface area contributed by atoms with Crippen LogP contribution in [0.25, 0.3) is 0 Å². The lowest BCUT2D eigenvalue weighted by molar-refractivity contribution is -0.118. The van der Waals surface area contributed by atoms with Gasteiger partial charge in [0.25, 0.3) is 0 Å². The number of carbonyl (C=O) groups is 1. The third-order valence-electron chi connectivity index (χ3n) is 1.89. The molecule has 76 valence electrons. The third-order valence-corrected chi connectivity index (χ3v) is 3.10. The summed E-state index contributed by atoms with van der Waals surface area (Å²) in [7, 11) is 1.63. The summed E-state index contributed by atoms with van der Waals surface area (Å²) in [5.41, 5.74) is 2.19. The van der Waals surface area contributed by atoms with Crippen LogP contribution in [0.2, 0.25) is 0 Å². The molecule has 1 aromatic rings. The van der Waals surface area contributed by atoms with Crippen LogP contribution in [-0.2, 0) is 4.79 Å². The van der Waals surface area contributed by atoms with E-state index in [9.17, 15) is 4.79 Å². The molecule has 0 saturated carbocycles. The normalized spacial score (nSPS) is 9.64. The van der Waals surface area contributed by atoms with Crippen LogP contribution < -0.4 is 10.6 Å². The van der Waals surface area contributed by atoms with E-state index in [2.05, 4.69) is 33.2 Å². The number of benzene rings is 1. The third kappa shape index (κ3) is 3.17. The first-order chi connectivity index (χ1) is 6.63. The maximum absolute atomic E-state index is 11.0. The van der Waals surface area contributed by atoms with Crippen molar-refractivity contribution in [3.8, 4) is 0 Å². The summed E-state index contributed by atoms with van der Waals surface area (Å²) in [6, 6.07) is 6.03. The van der Waals surface area contributed by atoms with E-state index < -0.39 is 0 Å². The van der Waals surface area contributed by atoms with Crippen molar-refractivity contribution < 1.29 is 4.79 Å². The van der Waals surface area contributed by atoms with Crippen molar-refractivity contribution in [1.82, 2.24) is 5.32 Å². The highest BCUT2D eigenvalue weighted by atomic mass is 127. The number of amides is 1. The standard InChI is InChI=1S/C10H13IN2O/c1-7-5-8(3-4-9(7)11)13-6-10(14)12-2/h3-5,13H,6H2,1-2H3,(H,12,14). The number of carbonyl (C=O) groups excluding carboxylic acids is 1. The fourth-order valence-electron chi connectivity index (χ4n) is 1.03. The first-order valence-electron chi connectivity index (χ1n) is 4.34. The average molecular weight is 304 g/mol. The van der Waals surface area contributed by atoms with Crippen LogP contribution in [-0.4, -0.2) is 19.5 Å². The minimum Gasteiger partial charge on any atom is -0.376 e. The first-order valence-corrected chi connectivity index (χ1v) is 5.42. The lowest BCUT2D eigenvalue weighted by Gasteiger charge is -2.06. The van der Waals surface area contributed by atoms with Crippen LogP contribution in [0, 0.1) is 10.5 Å². The molecule has 14 heavy (non-hydrogen) atoms. The zero-order valence-corrected chi connectivity index (χ0v) is 10.4. The van der Waals surface area contributed by atoms with E-state index in [0.29, 0.717) is 6.54 Å². The summed E-state index contributed by atoms with van der Waals surface area (Å²) in [5.74, 6) is -0.0128. The Morgan fingerprint density at radius 3 is 2.79 bits per heavy atom. The minimum atomic E-state index is -0.0128. The van der Waals surface area contributed by atoms with Crippen molar-refractivity contribution in [3.63, 3.8) is 0 Å². The second kappa shape index (κ2) is 5.19. The van der Waals surface area contributed by atoms with Gasteiger partial charge in [-0.05, 0) is 53.3 Å². The predicted molar refractivity (Wildman–Crippen MR) is 66.5 cm³/mol. The smallest absolute Gasteiger partial charge is 0.239 e. The molecule has 4 heteroatoms. The molecule has 3 nitrogen and oxygen atoms in total. The average Bonchev–Trinajstić information content (AvgIpc) is 2.19. The predicted octanol–water partition coefficient (Wildman–Crippen LogP) is 1.76. The number of hydrogen-bond donors (Lipinski definition) is 2. The SMILES string of the molecule is CNC(=O)CNc1ccc(I)c(C)c1. The van der Waals surface area contributed by atoms with Crippen molar-refractivity contribution in [2.24, 2.45) is 0 Å². The van der Waals surface area contributed by atoms with Gasteiger partial charge in [-0.2, -0.15) is 0 Å². The van der Waals surface area contributed by atoms with Crippen molar-refractivity contribution in [2.45, 2.75) is 6.92 Å². The lowest BCUT2D eigenvalue weighted by atomic mass is 10.2. The summed E-state index contributed by atoms with van der Waals surface area (Å²) < 4.78 is 1.23. The van der Waals surface area contributed by atoms with Crippen LogP contribution in [0.15, 0.2) is 18.2 Å². The maximum atomic E-state index is 11.0. The largest absolute Gasteiger partial charge is 0.376 e. The molecule has 0 saturated heterocycles. The van der Waals surface area contributed by atoms with Crippen LogP contribution in [0.5, 0.6) is 0 Å². The Kier molecular flexibility index (Phi) is 4.19. The van der Waals surface area contributed by atoms with Gasteiger partial charge in [0.05, 0.1) is 6.54 Å². The van der Waals surface area contributed by atoms with Crippen molar-refractivity contribution in [1.29, 1.82) is 0 Å². The Labute approximate surface area is 97.4 Å². The van der Waals surface area contributed by atoms with Gasteiger partial charge in [0.15, 0.2) is 0 Å². The Bertz CT molecular complexity index is 339. The molecule has 0 unspecified atom stereocenters. The molecule has 0 aliphatic heterocycles. The van der Waals surface area contributed by atoms with Crippen molar-refractivity contribution in [3.05, 3.63) is 27.3 Å². The second-order valence-electron chi connectivity index (χ2n) is 2.99. The zero-order chi connectivity index (χ0) is 10.6. The van der Waals surface area contributed by atoms with Gasteiger partial charge in [0.2, 0.25) is 5.91 Å². The summed E-state index contributed by atoms with van der Waals surface area (Å²) in [6.45, 7) is 2.36. The van der Waals surface area contributed by atoms with Crippen molar-refractivity contribution >= 4 is 34.2 Å². The van der Waals surface area contributed by atoms with Crippen LogP contribution in [0.1, 0.15) is 5.56 Å². The highest BCUT2D eigenvalue weighted by molar-refractivity contribution is 14.1. The molecule has 0 heterocycles. The van der Waals surface area contributed by atoms with Crippen LogP contribution in [0.3, 0.4) is 0 Å². The molecule has 0 aliphatic carbocycles. The van der Waals surface area contributed by atoms with Crippen LogP contribution >= 0.6 is 22.6 Å². The number of nitrogens with one attached hydrogen (secondary N) is 2. The Morgan fingerprint density at radius 1 is 1.50 bits per heavy atom. The van der Waals surface area contributed by atoms with Gasteiger partial charge in [-0.25, -0.2) is 0 Å². The molecule has 0 atom stereocenters. The van der Waals surface area contributed by atoms with E-state index >= 15 is 0 Å². The molecule has 0 fully saturated rings. The first kappa shape index (κ1) is 11.3. The van der Waals surface area contributed by atoms with E-state index in [1.54, 1.807) is 7.05 Å². The molecule has 1 amide bonds. The lowest BCUT2D eigenvalue weighted by Crippen LogP contribution is -2.26. The fraction of sp³-hybridized carbons (Fsp3) is 0.300. The number of aryl methyl sites for hydroxylation is 1. The maximum Gasteiger partial charge on any atom is 0.239 e. The van der Waals surface area contributed by atoms with Gasteiger partial charge < -0.3 is 10.6 Å². The van der Waals surface area contributed by atoms with Crippen LogP contribution in [0.4, 0.5) is 5.69 Å². The molecule has 1 rings (SSSR count). The number of rotatable bonds is 3. The molecular weight excluding hydrogens is 291 g/mol. The monoisotopic (exact) mass is 304 g/mol. The molecule has 0 bridgehead atoms. The van der Waals surface area contributed by atoms with E-state index in [1.165, 1.54) is 9.13 Å². The van der Waals surface area contributed by atoms with Gasteiger partial charge in [0, 0.05) is 16.3 Å². The Hall–Kier alpha value is -0.780. The highest BCUT2D eigenvalue weighted by Crippen LogP contribution is 2.16. The Morgan fingerprint density at radius 2 is 2.21 bits per heavy atom. The molecular formula is C10H13IN2O. The molecule has 0 spiro atoms.